The number of carbonyl (C=O) groups is 2. The lowest BCUT2D eigenvalue weighted by molar-refractivity contribution is -0.274. The molecule has 0 bridgehead atoms. The largest absolute Gasteiger partial charge is 0.573 e. The quantitative estimate of drug-likeness (QED) is 0.359. The summed E-state index contributed by atoms with van der Waals surface area (Å²) in [6.07, 6.45) is -3.81. The Morgan fingerprint density at radius 1 is 1.11 bits per heavy atom. The third-order valence-electron chi connectivity index (χ3n) is 5.37. The Balaban J connectivity index is 1.95. The van der Waals surface area contributed by atoms with Crippen LogP contribution in [0, 0.1) is 6.92 Å². The van der Waals surface area contributed by atoms with Crippen LogP contribution in [0.1, 0.15) is 30.5 Å². The van der Waals surface area contributed by atoms with Gasteiger partial charge in [0.15, 0.2) is 5.69 Å². The highest BCUT2D eigenvalue weighted by Crippen LogP contribution is 2.31. The molecule has 0 aliphatic carbocycles. The molecule has 0 fully saturated rings. The van der Waals surface area contributed by atoms with Gasteiger partial charge in [0.05, 0.1) is 19.1 Å². The van der Waals surface area contributed by atoms with Gasteiger partial charge in [-0.25, -0.2) is 4.79 Å². The number of nitrogens with zero attached hydrogens (tertiary/aromatic N) is 1. The number of nitrogens with one attached hydrogen (secondary N) is 2. The smallest absolute Gasteiger partial charge is 0.505 e. The Kier molecular flexibility index (Phi) is 8.66. The van der Waals surface area contributed by atoms with E-state index in [-0.39, 0.29) is 18.7 Å². The predicted molar refractivity (Wildman–Crippen MR) is 133 cm³/mol. The van der Waals surface area contributed by atoms with Crippen LogP contribution in [0.5, 0.6) is 11.5 Å². The standard InChI is InChI=1S/C26H26F3N3O6/c1-4-37-22(34)14-20(30-25(36)31-23-21(33)8-9-32(3)24(23)35)18-11-15(2)10-17(12-18)16-6-5-7-19(13-16)38-26(27,28)29/h5-13,20,33H,4,14H2,1-3H3,(H2,30,31,36)/t20-/m0/s1. The number of aromatic nitrogens is 1. The Morgan fingerprint density at radius 3 is 2.53 bits per heavy atom. The molecule has 12 heteroatoms. The molecule has 2 aromatic carbocycles. The van der Waals surface area contributed by atoms with E-state index in [1.54, 1.807) is 38.1 Å². The van der Waals surface area contributed by atoms with Crippen LogP contribution in [-0.4, -0.2) is 34.6 Å². The minimum atomic E-state index is -4.85. The molecular weight excluding hydrogens is 507 g/mol. The fourth-order valence-corrected chi connectivity index (χ4v) is 3.74. The summed E-state index contributed by atoms with van der Waals surface area (Å²) < 4.78 is 48.3. The van der Waals surface area contributed by atoms with Crippen LogP contribution in [0.4, 0.5) is 23.7 Å². The van der Waals surface area contributed by atoms with Crippen LogP contribution in [0.2, 0.25) is 0 Å². The molecule has 0 spiro atoms. The molecule has 0 saturated carbocycles. The highest BCUT2D eigenvalue weighted by atomic mass is 19.4. The van der Waals surface area contributed by atoms with Crippen LogP contribution < -0.4 is 20.9 Å². The number of rotatable bonds is 8. The lowest BCUT2D eigenvalue weighted by atomic mass is 9.95. The first-order valence-corrected chi connectivity index (χ1v) is 11.5. The van der Waals surface area contributed by atoms with Gasteiger partial charge in [-0.2, -0.15) is 0 Å². The van der Waals surface area contributed by atoms with Crippen molar-refractivity contribution < 1.29 is 37.3 Å². The number of ether oxygens (including phenoxy) is 2. The van der Waals surface area contributed by atoms with Crippen molar-refractivity contribution in [3.05, 3.63) is 76.2 Å². The Labute approximate surface area is 215 Å². The summed E-state index contributed by atoms with van der Waals surface area (Å²) in [6, 6.07) is 9.85. The number of aryl methyl sites for hydroxylation is 2. The topological polar surface area (TPSA) is 119 Å². The first kappa shape index (κ1) is 28.1. The molecule has 38 heavy (non-hydrogen) atoms. The maximum Gasteiger partial charge on any atom is 0.573 e. The van der Waals surface area contributed by atoms with E-state index in [1.807, 2.05) is 0 Å². The molecule has 3 rings (SSSR count). The zero-order valence-electron chi connectivity index (χ0n) is 20.8. The van der Waals surface area contributed by atoms with Crippen LogP contribution in [-0.2, 0) is 16.6 Å². The summed E-state index contributed by atoms with van der Waals surface area (Å²) in [6.45, 7) is 3.48. The molecule has 0 unspecified atom stereocenters. The third kappa shape index (κ3) is 7.51. The van der Waals surface area contributed by atoms with Crippen molar-refractivity contribution in [3.63, 3.8) is 0 Å². The average Bonchev–Trinajstić information content (AvgIpc) is 2.83. The predicted octanol–water partition coefficient (Wildman–Crippen LogP) is 4.78. The number of carbonyl (C=O) groups excluding carboxylic acids is 2. The third-order valence-corrected chi connectivity index (χ3v) is 5.37. The van der Waals surface area contributed by atoms with Crippen LogP contribution in [0.25, 0.3) is 11.1 Å². The summed E-state index contributed by atoms with van der Waals surface area (Å²) in [5.74, 6) is -1.45. The molecule has 1 aromatic heterocycles. The lowest BCUT2D eigenvalue weighted by Gasteiger charge is -2.21. The first-order valence-electron chi connectivity index (χ1n) is 11.5. The van der Waals surface area contributed by atoms with E-state index in [1.165, 1.54) is 37.5 Å². The Hall–Kier alpha value is -4.48. The highest BCUT2D eigenvalue weighted by molar-refractivity contribution is 5.91. The van der Waals surface area contributed by atoms with E-state index in [0.29, 0.717) is 22.3 Å². The van der Waals surface area contributed by atoms with Crippen molar-refractivity contribution >= 4 is 17.7 Å². The van der Waals surface area contributed by atoms with Crippen LogP contribution in [0.3, 0.4) is 0 Å². The Morgan fingerprint density at radius 2 is 1.84 bits per heavy atom. The fourth-order valence-electron chi connectivity index (χ4n) is 3.74. The number of urea groups is 1. The number of pyridine rings is 1. The van der Waals surface area contributed by atoms with Gasteiger partial charge in [0.1, 0.15) is 11.5 Å². The number of halogens is 3. The minimum absolute atomic E-state index is 0.108. The second-order valence-corrected chi connectivity index (χ2v) is 8.36. The zero-order valence-corrected chi connectivity index (χ0v) is 20.8. The van der Waals surface area contributed by atoms with Gasteiger partial charge in [0.25, 0.3) is 5.56 Å². The molecule has 3 N–H and O–H groups in total. The van der Waals surface area contributed by atoms with E-state index in [9.17, 15) is 32.7 Å². The maximum atomic E-state index is 12.8. The molecule has 9 nitrogen and oxygen atoms in total. The zero-order chi connectivity index (χ0) is 28.0. The minimum Gasteiger partial charge on any atom is -0.505 e. The van der Waals surface area contributed by atoms with E-state index < -0.39 is 41.5 Å². The molecule has 0 radical (unpaired) electrons. The second-order valence-electron chi connectivity index (χ2n) is 8.36. The van der Waals surface area contributed by atoms with E-state index in [2.05, 4.69) is 15.4 Å². The number of benzene rings is 2. The summed E-state index contributed by atoms with van der Waals surface area (Å²) in [5.41, 5.74) is 1.07. The van der Waals surface area contributed by atoms with Crippen LogP contribution >= 0.6 is 0 Å². The van der Waals surface area contributed by atoms with E-state index in [0.717, 1.165) is 4.57 Å². The number of hydrogen-bond acceptors (Lipinski definition) is 6. The molecule has 1 atom stereocenters. The monoisotopic (exact) mass is 533 g/mol. The molecule has 1 heterocycles. The summed E-state index contributed by atoms with van der Waals surface area (Å²) >= 11 is 0. The van der Waals surface area contributed by atoms with E-state index in [4.69, 9.17) is 4.74 Å². The van der Waals surface area contributed by atoms with Gasteiger partial charge < -0.3 is 29.8 Å². The van der Waals surface area contributed by atoms with Gasteiger partial charge in [0.2, 0.25) is 0 Å². The molecule has 0 saturated heterocycles. The van der Waals surface area contributed by atoms with Gasteiger partial charge in [-0.3, -0.25) is 9.59 Å². The fraction of sp³-hybridized carbons (Fsp3) is 0.269. The number of esters is 1. The molecular formula is C26H26F3N3O6. The second kappa shape index (κ2) is 11.7. The van der Waals surface area contributed by atoms with Crippen LogP contribution in [0.15, 0.2) is 59.5 Å². The van der Waals surface area contributed by atoms with E-state index >= 15 is 0 Å². The number of hydrogen-bond donors (Lipinski definition) is 3. The van der Waals surface area contributed by atoms with Gasteiger partial charge >= 0.3 is 18.4 Å². The molecule has 3 aromatic rings. The molecule has 0 aliphatic rings. The van der Waals surface area contributed by atoms with Crippen molar-refractivity contribution in [3.8, 4) is 22.6 Å². The normalized spacial score (nSPS) is 11.9. The summed E-state index contributed by atoms with van der Waals surface area (Å²) in [4.78, 5) is 37.4. The first-order chi connectivity index (χ1) is 17.9. The van der Waals surface area contributed by atoms with Crippen molar-refractivity contribution in [2.24, 2.45) is 7.05 Å². The van der Waals surface area contributed by atoms with Crippen molar-refractivity contribution in [2.45, 2.75) is 32.7 Å². The van der Waals surface area contributed by atoms with Gasteiger partial charge in [-0.15, -0.1) is 13.2 Å². The number of aromatic hydroxyl groups is 1. The van der Waals surface area contributed by atoms with Gasteiger partial charge in [-0.1, -0.05) is 29.8 Å². The maximum absolute atomic E-state index is 12.8. The SMILES string of the molecule is CCOC(=O)C[C@H](NC(=O)Nc1c(O)ccn(C)c1=O)c1cc(C)cc(-c2cccc(OC(F)(F)F)c2)c1. The molecule has 2 amide bonds. The lowest BCUT2D eigenvalue weighted by Crippen LogP contribution is -2.36. The number of alkyl halides is 3. The summed E-state index contributed by atoms with van der Waals surface area (Å²) in [5, 5.41) is 14.9. The van der Waals surface area contributed by atoms with Crippen molar-refractivity contribution in [1.82, 2.24) is 9.88 Å². The van der Waals surface area contributed by atoms with Gasteiger partial charge in [-0.05, 0) is 54.8 Å². The van der Waals surface area contributed by atoms with Gasteiger partial charge in [0, 0.05) is 13.2 Å². The average molecular weight is 534 g/mol. The molecule has 0 aliphatic heterocycles. The van der Waals surface area contributed by atoms with Crippen molar-refractivity contribution in [1.29, 1.82) is 0 Å². The molecule has 202 valence electrons. The van der Waals surface area contributed by atoms with Crippen molar-refractivity contribution in [2.75, 3.05) is 11.9 Å². The number of amides is 2. The Bertz CT molecular complexity index is 1390. The summed E-state index contributed by atoms with van der Waals surface area (Å²) in [7, 11) is 1.44. The highest BCUT2D eigenvalue weighted by Gasteiger charge is 2.31. The number of anilines is 1.